The number of unbranched alkanes of at least 4 members (excludes halogenated alkanes) is 2. The van der Waals surface area contributed by atoms with E-state index in [0.717, 1.165) is 67.4 Å². The van der Waals surface area contributed by atoms with Crippen LogP contribution in [-0.4, -0.2) is 11.9 Å². The van der Waals surface area contributed by atoms with Crippen molar-refractivity contribution in [3.63, 3.8) is 0 Å². The molecule has 4 rings (SSSR count). The maximum atomic E-state index is 15.3. The lowest BCUT2D eigenvalue weighted by Gasteiger charge is -2.38. The van der Waals surface area contributed by atoms with Gasteiger partial charge >= 0.3 is 0 Å². The summed E-state index contributed by atoms with van der Waals surface area (Å²) in [5, 5.41) is 3.08. The van der Waals surface area contributed by atoms with Crippen molar-refractivity contribution in [2.75, 3.05) is 0 Å². The van der Waals surface area contributed by atoms with Gasteiger partial charge in [-0.1, -0.05) is 64.2 Å². The third-order valence-corrected chi connectivity index (χ3v) is 9.93. The molecule has 3 heteroatoms. The van der Waals surface area contributed by atoms with Gasteiger partial charge in [-0.05, 0) is 118 Å². The van der Waals surface area contributed by atoms with Crippen LogP contribution in [0.25, 0.3) is 0 Å². The lowest BCUT2D eigenvalue weighted by molar-refractivity contribution is -0.118. The summed E-state index contributed by atoms with van der Waals surface area (Å²) in [5.41, 5.74) is 2.67. The van der Waals surface area contributed by atoms with Gasteiger partial charge < -0.3 is 5.32 Å². The van der Waals surface area contributed by atoms with Crippen molar-refractivity contribution in [1.82, 2.24) is 5.32 Å². The van der Waals surface area contributed by atoms with E-state index in [1.807, 2.05) is 6.07 Å². The van der Waals surface area contributed by atoms with Crippen molar-refractivity contribution in [1.29, 1.82) is 0 Å². The van der Waals surface area contributed by atoms with Crippen LogP contribution in [0.15, 0.2) is 30.4 Å². The summed E-state index contributed by atoms with van der Waals surface area (Å²) in [6, 6.07) is 6.35. The predicted octanol–water partition coefficient (Wildman–Crippen LogP) is 9.20. The zero-order valence-corrected chi connectivity index (χ0v) is 23.0. The molecule has 1 aromatic rings. The van der Waals surface area contributed by atoms with E-state index in [1.54, 1.807) is 6.92 Å². The standard InChI is InChI=1S/C33H50FNO/c1-4-5-6-7-24-8-10-25(11-9-24)26-12-14-28(15-13-26)31-21-18-29(22-32(31)34)27-16-19-30(20-17-27)35-33(36)23(2)3/h18,21-22,24-28,30H,2,4-17,19-20H2,1,3H3,(H,35,36). The molecule has 36 heavy (non-hydrogen) atoms. The zero-order valence-electron chi connectivity index (χ0n) is 23.0. The second-order valence-electron chi connectivity index (χ2n) is 12.5. The number of nitrogens with one attached hydrogen (secondary N) is 1. The SMILES string of the molecule is C=C(C)C(=O)NC1CCC(c2ccc(C3CCC(C4CCC(CCCCC)CC4)CC3)c(F)c2)CC1. The Morgan fingerprint density at radius 3 is 2.08 bits per heavy atom. The van der Waals surface area contributed by atoms with Crippen LogP contribution < -0.4 is 5.32 Å². The molecule has 0 unspecified atom stereocenters. The summed E-state index contributed by atoms with van der Waals surface area (Å²) >= 11 is 0. The van der Waals surface area contributed by atoms with Gasteiger partial charge in [0.1, 0.15) is 5.82 Å². The van der Waals surface area contributed by atoms with E-state index in [2.05, 4.69) is 31.0 Å². The van der Waals surface area contributed by atoms with Gasteiger partial charge in [-0.2, -0.15) is 0 Å². The summed E-state index contributed by atoms with van der Waals surface area (Å²) in [6.07, 6.45) is 20.2. The van der Waals surface area contributed by atoms with Crippen LogP contribution in [0.5, 0.6) is 0 Å². The summed E-state index contributed by atoms with van der Waals surface area (Å²) in [7, 11) is 0. The van der Waals surface area contributed by atoms with Crippen molar-refractivity contribution >= 4 is 5.91 Å². The second-order valence-corrected chi connectivity index (χ2v) is 12.5. The van der Waals surface area contributed by atoms with Crippen molar-refractivity contribution in [3.8, 4) is 0 Å². The molecule has 3 aliphatic carbocycles. The number of halogens is 1. The fourth-order valence-electron chi connectivity index (χ4n) is 7.54. The molecule has 0 atom stereocenters. The zero-order chi connectivity index (χ0) is 25.5. The van der Waals surface area contributed by atoms with Gasteiger partial charge in [-0.25, -0.2) is 4.39 Å². The molecule has 1 aromatic carbocycles. The van der Waals surface area contributed by atoms with E-state index in [4.69, 9.17) is 0 Å². The van der Waals surface area contributed by atoms with Gasteiger partial charge in [0, 0.05) is 11.6 Å². The topological polar surface area (TPSA) is 29.1 Å². The number of carbonyl (C=O) groups is 1. The molecule has 0 radical (unpaired) electrons. The normalized spacial score (nSPS) is 31.1. The molecule has 1 amide bonds. The number of hydrogen-bond acceptors (Lipinski definition) is 1. The molecule has 0 bridgehead atoms. The van der Waals surface area contributed by atoms with Crippen LogP contribution in [0, 0.1) is 23.6 Å². The average molecular weight is 496 g/mol. The largest absolute Gasteiger partial charge is 0.350 e. The van der Waals surface area contributed by atoms with Crippen LogP contribution in [-0.2, 0) is 4.79 Å². The van der Waals surface area contributed by atoms with Crippen LogP contribution in [0.1, 0.15) is 140 Å². The summed E-state index contributed by atoms with van der Waals surface area (Å²) in [5.74, 6) is 3.56. The molecule has 0 aromatic heterocycles. The molecule has 3 aliphatic rings. The third-order valence-electron chi connectivity index (χ3n) is 9.93. The minimum Gasteiger partial charge on any atom is -0.350 e. The Bertz CT molecular complexity index is 854. The molecule has 3 saturated carbocycles. The van der Waals surface area contributed by atoms with E-state index in [1.165, 1.54) is 64.2 Å². The molecule has 2 nitrogen and oxygen atoms in total. The van der Waals surface area contributed by atoms with Gasteiger partial charge in [0.15, 0.2) is 0 Å². The summed E-state index contributed by atoms with van der Waals surface area (Å²) in [4.78, 5) is 11.9. The number of hydrogen-bond donors (Lipinski definition) is 1. The second kappa shape index (κ2) is 13.2. The Hall–Kier alpha value is -1.64. The van der Waals surface area contributed by atoms with Gasteiger partial charge in [0.25, 0.3) is 0 Å². The van der Waals surface area contributed by atoms with Gasteiger partial charge in [-0.3, -0.25) is 4.79 Å². The highest BCUT2D eigenvalue weighted by Gasteiger charge is 2.32. The highest BCUT2D eigenvalue weighted by atomic mass is 19.1. The lowest BCUT2D eigenvalue weighted by atomic mass is 9.68. The Morgan fingerprint density at radius 2 is 1.50 bits per heavy atom. The van der Waals surface area contributed by atoms with E-state index in [9.17, 15) is 4.79 Å². The highest BCUT2D eigenvalue weighted by molar-refractivity contribution is 5.92. The minimum absolute atomic E-state index is 0.0150. The minimum atomic E-state index is -0.0429. The molecule has 0 heterocycles. The predicted molar refractivity (Wildman–Crippen MR) is 149 cm³/mol. The highest BCUT2D eigenvalue weighted by Crippen LogP contribution is 2.45. The first kappa shape index (κ1) is 27.4. The van der Waals surface area contributed by atoms with Crippen LogP contribution in [0.4, 0.5) is 4.39 Å². The number of rotatable bonds is 9. The van der Waals surface area contributed by atoms with E-state index in [0.29, 0.717) is 17.4 Å². The number of amides is 1. The van der Waals surface area contributed by atoms with Gasteiger partial charge in [-0.15, -0.1) is 0 Å². The average Bonchev–Trinajstić information content (AvgIpc) is 2.90. The fraction of sp³-hybridized carbons (Fsp3) is 0.727. The molecular weight excluding hydrogens is 445 g/mol. The molecule has 0 aliphatic heterocycles. The third kappa shape index (κ3) is 7.23. The molecule has 3 fully saturated rings. The smallest absolute Gasteiger partial charge is 0.246 e. The van der Waals surface area contributed by atoms with E-state index >= 15 is 4.39 Å². The fourth-order valence-corrected chi connectivity index (χ4v) is 7.54. The van der Waals surface area contributed by atoms with Crippen molar-refractivity contribution in [2.45, 2.75) is 134 Å². The van der Waals surface area contributed by atoms with Crippen LogP contribution >= 0.6 is 0 Å². The lowest BCUT2D eigenvalue weighted by Crippen LogP contribution is -2.37. The first-order valence-electron chi connectivity index (χ1n) is 15.2. The summed E-state index contributed by atoms with van der Waals surface area (Å²) in [6.45, 7) is 7.78. The Morgan fingerprint density at radius 1 is 0.889 bits per heavy atom. The molecule has 1 N–H and O–H groups in total. The summed E-state index contributed by atoms with van der Waals surface area (Å²) < 4.78 is 15.3. The molecule has 0 spiro atoms. The van der Waals surface area contributed by atoms with Gasteiger partial charge in [0.05, 0.1) is 0 Å². The first-order valence-corrected chi connectivity index (χ1v) is 15.2. The quantitative estimate of drug-likeness (QED) is 0.268. The van der Waals surface area contributed by atoms with Gasteiger partial charge in [0.2, 0.25) is 5.91 Å². The molecule has 0 saturated heterocycles. The number of carbonyl (C=O) groups excluding carboxylic acids is 1. The van der Waals surface area contributed by atoms with E-state index in [-0.39, 0.29) is 17.8 Å². The maximum Gasteiger partial charge on any atom is 0.246 e. The van der Waals surface area contributed by atoms with Crippen molar-refractivity contribution in [2.24, 2.45) is 17.8 Å². The van der Waals surface area contributed by atoms with Crippen LogP contribution in [0.3, 0.4) is 0 Å². The molecule has 200 valence electrons. The van der Waals surface area contributed by atoms with Crippen LogP contribution in [0.2, 0.25) is 0 Å². The van der Waals surface area contributed by atoms with Crippen molar-refractivity contribution < 1.29 is 9.18 Å². The first-order chi connectivity index (χ1) is 17.4. The monoisotopic (exact) mass is 495 g/mol. The Labute approximate surface area is 219 Å². The molecular formula is C33H50FNO. The Kier molecular flexibility index (Phi) is 10.1. The maximum absolute atomic E-state index is 15.3. The number of benzene rings is 1. The van der Waals surface area contributed by atoms with Crippen molar-refractivity contribution in [3.05, 3.63) is 47.3 Å². The Balaban J connectivity index is 1.22. The van der Waals surface area contributed by atoms with E-state index < -0.39 is 0 Å².